The summed E-state index contributed by atoms with van der Waals surface area (Å²) >= 11 is 0. The Balaban J connectivity index is 0. The Labute approximate surface area is 167 Å². The summed E-state index contributed by atoms with van der Waals surface area (Å²) in [6, 6.07) is 6.44. The Morgan fingerprint density at radius 1 is 1.04 bits per heavy atom. The summed E-state index contributed by atoms with van der Waals surface area (Å²) in [5.41, 5.74) is 1.89. The molecule has 2 unspecified atom stereocenters. The Morgan fingerprint density at radius 2 is 1.48 bits per heavy atom. The zero-order chi connectivity index (χ0) is 19.9. The molecule has 0 fully saturated rings. The van der Waals surface area contributed by atoms with Crippen LogP contribution in [0.25, 0.3) is 0 Å². The van der Waals surface area contributed by atoms with Gasteiger partial charge in [0, 0.05) is 0 Å². The summed E-state index contributed by atoms with van der Waals surface area (Å²) in [7, 11) is 0. The number of carbonyl (C=O) groups is 2. The van der Waals surface area contributed by atoms with Gasteiger partial charge in [-0.2, -0.15) is 9.90 Å². The molecule has 0 spiro atoms. The second-order valence-corrected chi connectivity index (χ2v) is 6.06. The van der Waals surface area contributed by atoms with E-state index in [0.29, 0.717) is 5.92 Å². The van der Waals surface area contributed by atoms with Crippen molar-refractivity contribution >= 4 is 21.8 Å². The Bertz CT molecular complexity index is 567. The lowest BCUT2D eigenvalue weighted by Crippen LogP contribution is -2.13. The van der Waals surface area contributed by atoms with E-state index in [1.807, 2.05) is 6.08 Å². The van der Waals surface area contributed by atoms with Gasteiger partial charge in [-0.1, -0.05) is 36.8 Å². The van der Waals surface area contributed by atoms with Gasteiger partial charge in [0.25, 0.3) is 0 Å². The molecule has 0 saturated carbocycles. The van der Waals surface area contributed by atoms with Gasteiger partial charge < -0.3 is 9.47 Å². The number of ether oxygens (including phenoxy) is 2. The highest BCUT2D eigenvalue weighted by molar-refractivity contribution is 6.92. The highest BCUT2D eigenvalue weighted by Crippen LogP contribution is 2.12. The van der Waals surface area contributed by atoms with Crippen LogP contribution < -0.4 is 0 Å². The number of benzene rings is 1. The summed E-state index contributed by atoms with van der Waals surface area (Å²) in [4.78, 5) is 23.1. The zero-order valence-electron chi connectivity index (χ0n) is 17.4. The third kappa shape index (κ3) is 12.1. The highest BCUT2D eigenvalue weighted by atomic mass is 31.0. The standard InChI is InChI=1S/C12H14O4.C10H18.H3P/c1-3-15-11(13)9-7-5-6-8-10(9)12(14)16-4-2;1-5-10(4)8-6-7-9(2)3;/h5-8H,3-4H2,1-2H3;5,7,10H,1,6,8H2,2-4H3;1H3. The van der Waals surface area contributed by atoms with Gasteiger partial charge in [0.15, 0.2) is 0 Å². The van der Waals surface area contributed by atoms with E-state index in [2.05, 4.69) is 33.4 Å². The van der Waals surface area contributed by atoms with Gasteiger partial charge in [0.05, 0.1) is 24.3 Å². The Kier molecular flexibility index (Phi) is 16.4. The minimum atomic E-state index is -0.508. The largest absolute Gasteiger partial charge is 0.462 e. The summed E-state index contributed by atoms with van der Waals surface area (Å²) in [6.07, 6.45) is 6.71. The molecule has 0 aliphatic rings. The van der Waals surface area contributed by atoms with E-state index in [-0.39, 0.29) is 34.2 Å². The average molecular weight is 394 g/mol. The Morgan fingerprint density at radius 3 is 1.81 bits per heavy atom. The number of rotatable bonds is 8. The number of hydrogen-bond donors (Lipinski definition) is 0. The molecule has 0 radical (unpaired) electrons. The number of hydrogen-bond acceptors (Lipinski definition) is 4. The normalized spacial score (nSPS) is 10.3. The van der Waals surface area contributed by atoms with Crippen molar-refractivity contribution < 1.29 is 19.1 Å². The van der Waals surface area contributed by atoms with Crippen molar-refractivity contribution in [2.45, 2.75) is 47.5 Å². The molecule has 1 aromatic carbocycles. The summed E-state index contributed by atoms with van der Waals surface area (Å²) in [5.74, 6) is -0.354. The van der Waals surface area contributed by atoms with Crippen molar-refractivity contribution in [2.24, 2.45) is 5.92 Å². The molecule has 4 nitrogen and oxygen atoms in total. The fraction of sp³-hybridized carbons (Fsp3) is 0.455. The van der Waals surface area contributed by atoms with Crippen molar-refractivity contribution in [1.29, 1.82) is 0 Å². The molecule has 1 aromatic rings. The fourth-order valence-electron chi connectivity index (χ4n) is 2.01. The van der Waals surface area contributed by atoms with Gasteiger partial charge in [-0.05, 0) is 58.6 Å². The molecule has 0 aromatic heterocycles. The minimum absolute atomic E-state index is 0. The van der Waals surface area contributed by atoms with E-state index >= 15 is 0 Å². The van der Waals surface area contributed by atoms with Gasteiger partial charge in [-0.15, -0.1) is 6.58 Å². The summed E-state index contributed by atoms with van der Waals surface area (Å²) in [5, 5.41) is 0. The zero-order valence-corrected chi connectivity index (χ0v) is 18.8. The molecule has 0 amide bonds. The van der Waals surface area contributed by atoms with Crippen LogP contribution in [0.4, 0.5) is 0 Å². The van der Waals surface area contributed by atoms with Crippen LogP contribution in [0.15, 0.2) is 48.6 Å². The van der Waals surface area contributed by atoms with Crippen LogP contribution >= 0.6 is 9.90 Å². The topological polar surface area (TPSA) is 52.6 Å². The molecule has 0 saturated heterocycles. The van der Waals surface area contributed by atoms with Crippen LogP contribution in [0.1, 0.15) is 68.2 Å². The predicted octanol–water partition coefficient (Wildman–Crippen LogP) is 5.65. The van der Waals surface area contributed by atoms with E-state index in [0.717, 1.165) is 0 Å². The summed E-state index contributed by atoms with van der Waals surface area (Å²) < 4.78 is 9.70. The Hall–Kier alpha value is -1.93. The SMILES string of the molecule is C=CC(C)CCC=C(C)C.CCOC(=O)c1ccccc1C(=O)OCC.P. The molecule has 27 heavy (non-hydrogen) atoms. The van der Waals surface area contributed by atoms with Crippen LogP contribution in [-0.2, 0) is 9.47 Å². The van der Waals surface area contributed by atoms with Gasteiger partial charge in [0.1, 0.15) is 0 Å². The molecule has 1 rings (SSSR count). The van der Waals surface area contributed by atoms with Crippen LogP contribution in [0.2, 0.25) is 0 Å². The quantitative estimate of drug-likeness (QED) is 0.325. The second-order valence-electron chi connectivity index (χ2n) is 6.06. The predicted molar refractivity (Wildman–Crippen MR) is 117 cm³/mol. The lowest BCUT2D eigenvalue weighted by Gasteiger charge is -2.07. The molecular weight excluding hydrogens is 359 g/mol. The third-order valence-corrected chi connectivity index (χ3v) is 3.49. The van der Waals surface area contributed by atoms with Gasteiger partial charge >= 0.3 is 11.9 Å². The molecular formula is C22H35O4P. The van der Waals surface area contributed by atoms with E-state index in [1.54, 1.807) is 38.1 Å². The van der Waals surface area contributed by atoms with Crippen molar-refractivity contribution in [3.05, 3.63) is 59.7 Å². The maximum absolute atomic E-state index is 11.5. The maximum atomic E-state index is 11.5. The fourth-order valence-corrected chi connectivity index (χ4v) is 2.01. The van der Waals surface area contributed by atoms with Gasteiger partial charge in [-0.25, -0.2) is 9.59 Å². The first-order valence-electron chi connectivity index (χ1n) is 9.06. The molecule has 0 aliphatic carbocycles. The smallest absolute Gasteiger partial charge is 0.338 e. The van der Waals surface area contributed by atoms with E-state index < -0.39 is 11.9 Å². The van der Waals surface area contributed by atoms with E-state index in [4.69, 9.17) is 9.47 Å². The van der Waals surface area contributed by atoms with E-state index in [1.165, 1.54) is 18.4 Å². The molecule has 152 valence electrons. The second kappa shape index (κ2) is 16.3. The van der Waals surface area contributed by atoms with Crippen molar-refractivity contribution in [3.63, 3.8) is 0 Å². The van der Waals surface area contributed by atoms with Gasteiger partial charge in [0.2, 0.25) is 0 Å². The number of esters is 2. The van der Waals surface area contributed by atoms with Crippen molar-refractivity contribution in [2.75, 3.05) is 13.2 Å². The lowest BCUT2D eigenvalue weighted by atomic mass is 10.1. The monoisotopic (exact) mass is 394 g/mol. The molecule has 5 heteroatoms. The summed E-state index contributed by atoms with van der Waals surface area (Å²) in [6.45, 7) is 14.2. The molecule has 0 N–H and O–H groups in total. The van der Waals surface area contributed by atoms with Crippen molar-refractivity contribution in [1.82, 2.24) is 0 Å². The van der Waals surface area contributed by atoms with Crippen molar-refractivity contribution in [3.8, 4) is 0 Å². The van der Waals surface area contributed by atoms with Crippen LogP contribution in [0.5, 0.6) is 0 Å². The minimum Gasteiger partial charge on any atom is -0.462 e. The molecule has 2 atom stereocenters. The first-order chi connectivity index (χ1) is 12.4. The molecule has 0 bridgehead atoms. The number of allylic oxidation sites excluding steroid dienone is 3. The first-order valence-corrected chi connectivity index (χ1v) is 9.06. The van der Waals surface area contributed by atoms with Crippen LogP contribution in [0.3, 0.4) is 0 Å². The van der Waals surface area contributed by atoms with Crippen LogP contribution in [-0.4, -0.2) is 25.2 Å². The average Bonchev–Trinajstić information content (AvgIpc) is 2.62. The van der Waals surface area contributed by atoms with Crippen LogP contribution in [0, 0.1) is 5.92 Å². The molecule has 0 aliphatic heterocycles. The highest BCUT2D eigenvalue weighted by Gasteiger charge is 2.17. The number of carbonyl (C=O) groups excluding carboxylic acids is 2. The first kappa shape index (κ1) is 27.3. The lowest BCUT2D eigenvalue weighted by molar-refractivity contribution is 0.0479. The van der Waals surface area contributed by atoms with E-state index in [9.17, 15) is 9.59 Å². The maximum Gasteiger partial charge on any atom is 0.338 e. The third-order valence-electron chi connectivity index (χ3n) is 3.49. The van der Waals surface area contributed by atoms with Gasteiger partial charge in [-0.3, -0.25) is 0 Å². The molecule has 0 heterocycles.